The van der Waals surface area contributed by atoms with Crippen molar-refractivity contribution in [1.29, 1.82) is 0 Å². The van der Waals surface area contributed by atoms with Crippen LogP contribution in [0.3, 0.4) is 0 Å². The molecule has 0 radical (unpaired) electrons. The van der Waals surface area contributed by atoms with Crippen LogP contribution >= 0.6 is 0 Å². The van der Waals surface area contributed by atoms with Crippen LogP contribution in [0.25, 0.3) is 0 Å². The van der Waals surface area contributed by atoms with E-state index >= 15 is 0 Å². The highest BCUT2D eigenvalue weighted by Gasteiger charge is 2.28. The summed E-state index contributed by atoms with van der Waals surface area (Å²) in [5, 5.41) is 20.8. The number of carboxylic acid groups (broad SMARTS) is 1. The zero-order valence-electron chi connectivity index (χ0n) is 9.95. The topological polar surface area (TPSA) is 86.6 Å². The lowest BCUT2D eigenvalue weighted by Gasteiger charge is -2.26. The molecule has 5 heteroatoms. The van der Waals surface area contributed by atoms with Crippen molar-refractivity contribution in [2.45, 2.75) is 51.6 Å². The van der Waals surface area contributed by atoms with Gasteiger partial charge in [0.25, 0.3) is 0 Å². The first kappa shape index (κ1) is 14.9. The van der Waals surface area contributed by atoms with Crippen molar-refractivity contribution < 1.29 is 19.8 Å². The summed E-state index contributed by atoms with van der Waals surface area (Å²) < 4.78 is 0. The van der Waals surface area contributed by atoms with Gasteiger partial charge in [0.05, 0.1) is 12.0 Å². The van der Waals surface area contributed by atoms with E-state index in [-0.39, 0.29) is 6.42 Å². The molecule has 0 bridgehead atoms. The highest BCUT2D eigenvalue weighted by molar-refractivity contribution is 5.81. The van der Waals surface area contributed by atoms with Gasteiger partial charge in [-0.1, -0.05) is 26.7 Å². The molecule has 0 fully saturated rings. The van der Waals surface area contributed by atoms with E-state index in [1.165, 1.54) is 0 Å². The average Bonchev–Trinajstić information content (AvgIpc) is 2.15. The maximum Gasteiger partial charge on any atom is 0.322 e. The zero-order chi connectivity index (χ0) is 12.6. The van der Waals surface area contributed by atoms with E-state index in [1.54, 1.807) is 0 Å². The molecule has 3 N–H and O–H groups in total. The molecule has 0 rings (SSSR count). The number of amides is 1. The Morgan fingerprint density at radius 2 is 1.69 bits per heavy atom. The molecule has 0 unspecified atom stereocenters. The van der Waals surface area contributed by atoms with Crippen molar-refractivity contribution in [2.75, 3.05) is 6.54 Å². The quantitative estimate of drug-likeness (QED) is 0.579. The molecule has 0 atom stereocenters. The van der Waals surface area contributed by atoms with Crippen molar-refractivity contribution in [3.05, 3.63) is 0 Å². The molecular weight excluding hydrogens is 210 g/mol. The van der Waals surface area contributed by atoms with E-state index in [1.807, 2.05) is 13.8 Å². The molecule has 0 saturated heterocycles. The van der Waals surface area contributed by atoms with E-state index in [9.17, 15) is 14.7 Å². The van der Waals surface area contributed by atoms with E-state index in [0.717, 1.165) is 12.8 Å². The van der Waals surface area contributed by atoms with E-state index in [0.29, 0.717) is 12.8 Å². The predicted octanol–water partition coefficient (Wildman–Crippen LogP) is 0.909. The number of aliphatic hydroxyl groups is 1. The normalized spacial score (nSPS) is 11.2. The van der Waals surface area contributed by atoms with E-state index < -0.39 is 24.0 Å². The van der Waals surface area contributed by atoms with E-state index in [4.69, 9.17) is 5.11 Å². The first-order valence-corrected chi connectivity index (χ1v) is 5.64. The molecule has 94 valence electrons. The van der Waals surface area contributed by atoms with Crippen molar-refractivity contribution >= 4 is 11.9 Å². The predicted molar refractivity (Wildman–Crippen MR) is 60.0 cm³/mol. The highest BCUT2D eigenvalue weighted by Crippen LogP contribution is 2.23. The lowest BCUT2D eigenvalue weighted by Crippen LogP contribution is -2.38. The Bertz CT molecular complexity index is 234. The first-order valence-electron chi connectivity index (χ1n) is 5.64. The molecule has 16 heavy (non-hydrogen) atoms. The number of carboxylic acids is 1. The van der Waals surface area contributed by atoms with Crippen molar-refractivity contribution in [3.63, 3.8) is 0 Å². The number of hydrogen-bond acceptors (Lipinski definition) is 3. The second kappa shape index (κ2) is 7.22. The van der Waals surface area contributed by atoms with Crippen LogP contribution in [0.2, 0.25) is 0 Å². The van der Waals surface area contributed by atoms with Crippen LogP contribution in [0, 0.1) is 0 Å². The first-order chi connectivity index (χ1) is 7.43. The molecule has 0 aromatic carbocycles. The van der Waals surface area contributed by atoms with Gasteiger partial charge in [0.15, 0.2) is 0 Å². The summed E-state index contributed by atoms with van der Waals surface area (Å²) in [7, 11) is 0. The van der Waals surface area contributed by atoms with Crippen LogP contribution in [-0.2, 0) is 9.59 Å². The molecule has 1 amide bonds. The van der Waals surface area contributed by atoms with Crippen LogP contribution in [0.15, 0.2) is 0 Å². The maximum absolute atomic E-state index is 11.4. The zero-order valence-corrected chi connectivity index (χ0v) is 9.95. The van der Waals surface area contributed by atoms with Gasteiger partial charge in [-0.25, -0.2) is 0 Å². The average molecular weight is 231 g/mol. The van der Waals surface area contributed by atoms with Gasteiger partial charge in [-0.15, -0.1) is 0 Å². The summed E-state index contributed by atoms with van der Waals surface area (Å²) in [4.78, 5) is 21.6. The summed E-state index contributed by atoms with van der Waals surface area (Å²) >= 11 is 0. The van der Waals surface area contributed by atoms with Crippen molar-refractivity contribution in [2.24, 2.45) is 0 Å². The molecule has 0 aliphatic rings. The lowest BCUT2D eigenvalue weighted by atomic mass is 9.89. The van der Waals surface area contributed by atoms with Crippen LogP contribution in [0.1, 0.15) is 46.0 Å². The van der Waals surface area contributed by atoms with Crippen molar-refractivity contribution in [1.82, 2.24) is 5.32 Å². The van der Waals surface area contributed by atoms with Crippen LogP contribution in [-0.4, -0.2) is 34.2 Å². The summed E-state index contributed by atoms with van der Waals surface area (Å²) in [5.41, 5.74) is -0.994. The number of aliphatic carboxylic acids is 1. The van der Waals surface area contributed by atoms with Gasteiger partial charge in [0.2, 0.25) is 5.91 Å². The summed E-state index contributed by atoms with van der Waals surface area (Å²) in [6, 6.07) is 0. The van der Waals surface area contributed by atoms with Gasteiger partial charge in [0, 0.05) is 0 Å². The smallest absolute Gasteiger partial charge is 0.322 e. The Morgan fingerprint density at radius 1 is 1.19 bits per heavy atom. The second-order valence-electron chi connectivity index (χ2n) is 4.07. The molecule has 0 aliphatic carbocycles. The molecule has 5 nitrogen and oxygen atoms in total. The monoisotopic (exact) mass is 231 g/mol. The standard InChI is InChI=1S/C11H21NO4/c1-3-5-11(16,6-4-2)7-9(13)12-8-10(14)15/h16H,3-8H2,1-2H3,(H,12,13)(H,14,15). The molecular formula is C11H21NO4. The largest absolute Gasteiger partial charge is 0.480 e. The number of rotatable bonds is 8. The molecule has 0 aromatic heterocycles. The number of carbonyl (C=O) groups is 2. The minimum atomic E-state index is -1.08. The van der Waals surface area contributed by atoms with Gasteiger partial charge in [-0.05, 0) is 12.8 Å². The second-order valence-corrected chi connectivity index (χ2v) is 4.07. The Hall–Kier alpha value is -1.10. The van der Waals surface area contributed by atoms with Gasteiger partial charge in [0.1, 0.15) is 6.54 Å². The third-order valence-corrected chi connectivity index (χ3v) is 2.36. The van der Waals surface area contributed by atoms with Gasteiger partial charge in [-0.2, -0.15) is 0 Å². The Kier molecular flexibility index (Phi) is 6.72. The van der Waals surface area contributed by atoms with E-state index in [2.05, 4.69) is 5.32 Å². The minimum Gasteiger partial charge on any atom is -0.480 e. The highest BCUT2D eigenvalue weighted by atomic mass is 16.4. The van der Waals surface area contributed by atoms with Crippen molar-refractivity contribution in [3.8, 4) is 0 Å². The van der Waals surface area contributed by atoms with Crippen LogP contribution in [0.4, 0.5) is 0 Å². The third-order valence-electron chi connectivity index (χ3n) is 2.36. The Labute approximate surface area is 95.9 Å². The minimum absolute atomic E-state index is 0.0258. The maximum atomic E-state index is 11.4. The van der Waals surface area contributed by atoms with Crippen LogP contribution < -0.4 is 5.32 Å². The number of nitrogens with one attached hydrogen (secondary N) is 1. The molecule has 0 aliphatic heterocycles. The van der Waals surface area contributed by atoms with Gasteiger partial charge < -0.3 is 15.5 Å². The summed E-state index contributed by atoms with van der Waals surface area (Å²) in [6.07, 6.45) is 2.68. The van der Waals surface area contributed by atoms with Crippen LogP contribution in [0.5, 0.6) is 0 Å². The van der Waals surface area contributed by atoms with Gasteiger partial charge in [-0.3, -0.25) is 9.59 Å². The molecule has 0 heterocycles. The Balaban J connectivity index is 4.17. The summed E-state index contributed by atoms with van der Waals surface area (Å²) in [6.45, 7) is 3.48. The fourth-order valence-electron chi connectivity index (χ4n) is 1.77. The SMILES string of the molecule is CCCC(O)(CCC)CC(=O)NCC(=O)O. The third kappa shape index (κ3) is 6.40. The lowest BCUT2D eigenvalue weighted by molar-refractivity contribution is -0.139. The number of carbonyl (C=O) groups excluding carboxylic acids is 1. The fraction of sp³-hybridized carbons (Fsp3) is 0.818. The molecule has 0 saturated carbocycles. The molecule has 0 spiro atoms. The Morgan fingerprint density at radius 3 is 2.06 bits per heavy atom. The fourth-order valence-corrected chi connectivity index (χ4v) is 1.77. The number of hydrogen-bond donors (Lipinski definition) is 3. The summed E-state index contributed by atoms with van der Waals surface area (Å²) in [5.74, 6) is -1.49. The molecule has 0 aromatic rings. The van der Waals surface area contributed by atoms with Gasteiger partial charge >= 0.3 is 5.97 Å².